The molecule has 5 heteroatoms. The summed E-state index contributed by atoms with van der Waals surface area (Å²) in [4.78, 5) is 8.01. The highest BCUT2D eigenvalue weighted by Gasteiger charge is 2.03. The minimum atomic E-state index is 0.308. The zero-order valence-corrected chi connectivity index (χ0v) is 10.5. The standard InChI is InChI=1S/C12H9BrN4/c13-10-3-1-2-9(6-10)8-17-12-11(7-14)15-4-5-16-12/h1-6H,8H2,(H,16,17). The molecule has 0 fully saturated rings. The molecule has 0 aliphatic heterocycles. The summed E-state index contributed by atoms with van der Waals surface area (Å²) >= 11 is 3.41. The second kappa shape index (κ2) is 5.41. The van der Waals surface area contributed by atoms with Gasteiger partial charge in [-0.25, -0.2) is 9.97 Å². The molecule has 2 rings (SSSR count). The summed E-state index contributed by atoms with van der Waals surface area (Å²) in [7, 11) is 0. The highest BCUT2D eigenvalue weighted by molar-refractivity contribution is 9.10. The summed E-state index contributed by atoms with van der Waals surface area (Å²) in [5.74, 6) is 0.509. The number of benzene rings is 1. The number of hydrogen-bond donors (Lipinski definition) is 1. The minimum absolute atomic E-state index is 0.308. The normalized spacial score (nSPS) is 9.65. The lowest BCUT2D eigenvalue weighted by Crippen LogP contribution is -2.04. The fourth-order valence-corrected chi connectivity index (χ4v) is 1.83. The summed E-state index contributed by atoms with van der Waals surface area (Å²) in [5.41, 5.74) is 1.41. The van der Waals surface area contributed by atoms with Crippen molar-refractivity contribution in [2.24, 2.45) is 0 Å². The summed E-state index contributed by atoms with van der Waals surface area (Å²) < 4.78 is 1.02. The number of aromatic nitrogens is 2. The van der Waals surface area contributed by atoms with E-state index in [0.29, 0.717) is 18.1 Å². The van der Waals surface area contributed by atoms with Crippen LogP contribution in [0.2, 0.25) is 0 Å². The van der Waals surface area contributed by atoms with E-state index in [1.54, 1.807) is 6.20 Å². The van der Waals surface area contributed by atoms with Crippen LogP contribution in [0.25, 0.3) is 0 Å². The van der Waals surface area contributed by atoms with Gasteiger partial charge in [0.05, 0.1) is 0 Å². The van der Waals surface area contributed by atoms with Crippen LogP contribution in [0.3, 0.4) is 0 Å². The quantitative estimate of drug-likeness (QED) is 0.943. The van der Waals surface area contributed by atoms with E-state index in [2.05, 4.69) is 31.2 Å². The molecule has 0 bridgehead atoms. The second-order valence-corrected chi connectivity index (χ2v) is 4.26. The van der Waals surface area contributed by atoms with Gasteiger partial charge in [0.15, 0.2) is 11.5 Å². The van der Waals surface area contributed by atoms with Gasteiger partial charge in [0.2, 0.25) is 0 Å². The second-order valence-electron chi connectivity index (χ2n) is 3.35. The van der Waals surface area contributed by atoms with Gasteiger partial charge in [-0.05, 0) is 17.7 Å². The molecule has 0 aliphatic carbocycles. The Labute approximate surface area is 107 Å². The Morgan fingerprint density at radius 1 is 1.29 bits per heavy atom. The Balaban J connectivity index is 2.10. The molecule has 0 aliphatic rings. The Hall–Kier alpha value is -1.93. The van der Waals surface area contributed by atoms with Gasteiger partial charge in [0.1, 0.15) is 6.07 Å². The van der Waals surface area contributed by atoms with Crippen molar-refractivity contribution in [3.8, 4) is 6.07 Å². The third-order valence-electron chi connectivity index (χ3n) is 2.15. The van der Waals surface area contributed by atoms with Crippen LogP contribution in [0.15, 0.2) is 41.1 Å². The fourth-order valence-electron chi connectivity index (χ4n) is 1.38. The average molecular weight is 289 g/mol. The summed E-state index contributed by atoms with van der Waals surface area (Å²) in [6.45, 7) is 0.604. The molecule has 0 spiro atoms. The molecule has 0 saturated heterocycles. The summed E-state index contributed by atoms with van der Waals surface area (Å²) in [6.07, 6.45) is 3.06. The molecule has 1 aromatic carbocycles. The van der Waals surface area contributed by atoms with Crippen molar-refractivity contribution >= 4 is 21.7 Å². The molecular weight excluding hydrogens is 280 g/mol. The van der Waals surface area contributed by atoms with Crippen molar-refractivity contribution in [1.82, 2.24) is 9.97 Å². The number of nitriles is 1. The summed E-state index contributed by atoms with van der Waals surface area (Å²) in [6, 6.07) is 9.93. The van der Waals surface area contributed by atoms with E-state index < -0.39 is 0 Å². The maximum absolute atomic E-state index is 8.86. The lowest BCUT2D eigenvalue weighted by atomic mass is 10.2. The number of hydrogen-bond acceptors (Lipinski definition) is 4. The highest BCUT2D eigenvalue weighted by atomic mass is 79.9. The molecule has 17 heavy (non-hydrogen) atoms. The molecule has 0 amide bonds. The largest absolute Gasteiger partial charge is 0.364 e. The Morgan fingerprint density at radius 3 is 2.88 bits per heavy atom. The maximum atomic E-state index is 8.86. The number of nitrogens with one attached hydrogen (secondary N) is 1. The average Bonchev–Trinajstić information content (AvgIpc) is 2.37. The molecule has 1 aromatic heterocycles. The van der Waals surface area contributed by atoms with Gasteiger partial charge in [-0.3, -0.25) is 0 Å². The molecule has 1 N–H and O–H groups in total. The van der Waals surface area contributed by atoms with E-state index >= 15 is 0 Å². The van der Waals surface area contributed by atoms with Crippen LogP contribution in [0.1, 0.15) is 11.3 Å². The first-order valence-electron chi connectivity index (χ1n) is 4.99. The number of nitrogens with zero attached hydrogens (tertiary/aromatic N) is 3. The minimum Gasteiger partial charge on any atom is -0.364 e. The van der Waals surface area contributed by atoms with Gasteiger partial charge >= 0.3 is 0 Å². The molecule has 4 nitrogen and oxygen atoms in total. The van der Waals surface area contributed by atoms with E-state index in [1.165, 1.54) is 6.20 Å². The first kappa shape index (κ1) is 11.6. The van der Waals surface area contributed by atoms with E-state index in [-0.39, 0.29) is 0 Å². The van der Waals surface area contributed by atoms with E-state index in [9.17, 15) is 0 Å². The maximum Gasteiger partial charge on any atom is 0.182 e. The zero-order chi connectivity index (χ0) is 12.1. The number of halogens is 1. The number of anilines is 1. The Bertz CT molecular complexity index is 562. The van der Waals surface area contributed by atoms with Crippen LogP contribution in [0, 0.1) is 11.3 Å². The number of rotatable bonds is 3. The molecule has 2 aromatic rings. The van der Waals surface area contributed by atoms with Crippen LogP contribution in [-0.4, -0.2) is 9.97 Å². The third-order valence-corrected chi connectivity index (χ3v) is 2.65. The lowest BCUT2D eigenvalue weighted by Gasteiger charge is -2.06. The molecular formula is C12H9BrN4. The lowest BCUT2D eigenvalue weighted by molar-refractivity contribution is 1.07. The van der Waals surface area contributed by atoms with Crippen molar-refractivity contribution in [3.05, 3.63) is 52.4 Å². The SMILES string of the molecule is N#Cc1nccnc1NCc1cccc(Br)c1. The topological polar surface area (TPSA) is 61.6 Å². The van der Waals surface area contributed by atoms with Crippen LogP contribution >= 0.6 is 15.9 Å². The summed E-state index contributed by atoms with van der Waals surface area (Å²) in [5, 5.41) is 12.0. The van der Waals surface area contributed by atoms with Crippen molar-refractivity contribution in [1.29, 1.82) is 5.26 Å². The zero-order valence-electron chi connectivity index (χ0n) is 8.89. The van der Waals surface area contributed by atoms with Crippen LogP contribution in [0.5, 0.6) is 0 Å². The van der Waals surface area contributed by atoms with Gasteiger partial charge in [-0.2, -0.15) is 5.26 Å². The van der Waals surface area contributed by atoms with Gasteiger partial charge < -0.3 is 5.32 Å². The fraction of sp³-hybridized carbons (Fsp3) is 0.0833. The molecule has 0 saturated carbocycles. The predicted octanol–water partition coefficient (Wildman–Crippen LogP) is 2.72. The first-order chi connectivity index (χ1) is 8.29. The van der Waals surface area contributed by atoms with Gasteiger partial charge in [-0.1, -0.05) is 28.1 Å². The monoisotopic (exact) mass is 288 g/mol. The van der Waals surface area contributed by atoms with Crippen molar-refractivity contribution < 1.29 is 0 Å². The highest BCUT2D eigenvalue weighted by Crippen LogP contribution is 2.13. The van der Waals surface area contributed by atoms with E-state index in [1.807, 2.05) is 30.3 Å². The van der Waals surface area contributed by atoms with Crippen molar-refractivity contribution in [3.63, 3.8) is 0 Å². The Kier molecular flexibility index (Phi) is 3.68. The van der Waals surface area contributed by atoms with Gasteiger partial charge in [0.25, 0.3) is 0 Å². The van der Waals surface area contributed by atoms with E-state index in [4.69, 9.17) is 5.26 Å². The third kappa shape index (κ3) is 3.02. The molecule has 0 unspecified atom stereocenters. The van der Waals surface area contributed by atoms with Crippen LogP contribution in [-0.2, 0) is 6.54 Å². The van der Waals surface area contributed by atoms with Crippen molar-refractivity contribution in [2.75, 3.05) is 5.32 Å². The van der Waals surface area contributed by atoms with Gasteiger partial charge in [-0.15, -0.1) is 0 Å². The molecule has 1 heterocycles. The van der Waals surface area contributed by atoms with E-state index in [0.717, 1.165) is 10.0 Å². The van der Waals surface area contributed by atoms with Crippen LogP contribution in [0.4, 0.5) is 5.82 Å². The molecule has 0 atom stereocenters. The molecule has 84 valence electrons. The van der Waals surface area contributed by atoms with Gasteiger partial charge in [0, 0.05) is 23.4 Å². The first-order valence-corrected chi connectivity index (χ1v) is 5.78. The van der Waals surface area contributed by atoms with Crippen LogP contribution < -0.4 is 5.32 Å². The smallest absolute Gasteiger partial charge is 0.182 e. The predicted molar refractivity (Wildman–Crippen MR) is 68.2 cm³/mol. The molecule has 0 radical (unpaired) electrons. The van der Waals surface area contributed by atoms with Crippen molar-refractivity contribution in [2.45, 2.75) is 6.54 Å². The Morgan fingerprint density at radius 2 is 2.12 bits per heavy atom.